The van der Waals surface area contributed by atoms with Crippen LogP contribution in [0.2, 0.25) is 0 Å². The quantitative estimate of drug-likeness (QED) is 0.611. The van der Waals surface area contributed by atoms with Crippen molar-refractivity contribution in [1.29, 1.82) is 0 Å². The second-order valence-corrected chi connectivity index (χ2v) is 8.98. The number of ether oxygens (including phenoxy) is 2. The highest BCUT2D eigenvalue weighted by atomic mass is 16.6. The minimum atomic E-state index is -0.670. The van der Waals surface area contributed by atoms with Crippen molar-refractivity contribution in [1.82, 2.24) is 15.0 Å². The third-order valence-corrected chi connectivity index (χ3v) is 6.65. The Kier molecular flexibility index (Phi) is 4.72. The van der Waals surface area contributed by atoms with Crippen LogP contribution in [-0.2, 0) is 16.8 Å². The number of carbonyl (C=O) groups excluding carboxylic acids is 1. The number of aromatic nitrogens is 3. The van der Waals surface area contributed by atoms with E-state index in [-0.39, 0.29) is 0 Å². The molecule has 172 valence electrons. The molecule has 2 aromatic heterocycles. The number of nitrogens with one attached hydrogen (secondary N) is 1. The average molecular weight is 457 g/mol. The first-order valence-corrected chi connectivity index (χ1v) is 11.4. The van der Waals surface area contributed by atoms with E-state index in [1.165, 1.54) is 11.9 Å². The molecule has 0 unspecified atom stereocenters. The van der Waals surface area contributed by atoms with E-state index < -0.39 is 11.7 Å². The van der Waals surface area contributed by atoms with Gasteiger partial charge >= 0.3 is 6.09 Å². The number of amides is 1. The van der Waals surface area contributed by atoms with Gasteiger partial charge in [0.15, 0.2) is 0 Å². The smallest absolute Gasteiger partial charge is 0.413 e. The molecule has 0 aliphatic carbocycles. The van der Waals surface area contributed by atoms with Gasteiger partial charge in [0.25, 0.3) is 0 Å². The van der Waals surface area contributed by atoms with Gasteiger partial charge in [0, 0.05) is 55.9 Å². The second-order valence-electron chi connectivity index (χ2n) is 8.98. The van der Waals surface area contributed by atoms with Crippen LogP contribution in [0, 0.1) is 6.92 Å². The SMILES string of the molecule is CC1=Nc2c(C)cc(Oc3cc(N4CCC5(CC4)OC(=O)Nc4ncccc45)ncn3)cc2C1. The molecular formula is C25H24N6O3. The Labute approximate surface area is 196 Å². The van der Waals surface area contributed by atoms with Gasteiger partial charge in [-0.15, -0.1) is 0 Å². The van der Waals surface area contributed by atoms with Gasteiger partial charge in [0.2, 0.25) is 5.88 Å². The van der Waals surface area contributed by atoms with Gasteiger partial charge in [0.05, 0.1) is 5.69 Å². The molecule has 1 aromatic carbocycles. The lowest BCUT2D eigenvalue weighted by Crippen LogP contribution is -2.48. The highest BCUT2D eigenvalue weighted by molar-refractivity contribution is 5.93. The van der Waals surface area contributed by atoms with E-state index in [1.54, 1.807) is 6.20 Å². The van der Waals surface area contributed by atoms with Crippen molar-refractivity contribution in [2.45, 2.75) is 38.7 Å². The highest BCUT2D eigenvalue weighted by Crippen LogP contribution is 2.43. The maximum atomic E-state index is 12.2. The Hall–Kier alpha value is -4.01. The molecule has 1 fully saturated rings. The number of fused-ring (bicyclic) bond motifs is 3. The van der Waals surface area contributed by atoms with Crippen LogP contribution in [0.5, 0.6) is 11.6 Å². The van der Waals surface area contributed by atoms with Crippen molar-refractivity contribution in [3.8, 4) is 11.6 Å². The Bertz CT molecular complexity index is 1330. The zero-order valence-corrected chi connectivity index (χ0v) is 19.0. The van der Waals surface area contributed by atoms with Gasteiger partial charge in [-0.2, -0.15) is 0 Å². The number of hydrogen-bond acceptors (Lipinski definition) is 8. The number of benzene rings is 1. The van der Waals surface area contributed by atoms with Crippen LogP contribution in [0.1, 0.15) is 36.5 Å². The molecule has 3 aromatic rings. The Morgan fingerprint density at radius 1 is 1.12 bits per heavy atom. The zero-order chi connectivity index (χ0) is 23.3. The summed E-state index contributed by atoms with van der Waals surface area (Å²) in [5.74, 6) is 2.59. The summed E-state index contributed by atoms with van der Waals surface area (Å²) in [6.45, 7) is 5.43. The molecule has 1 saturated heterocycles. The monoisotopic (exact) mass is 456 g/mol. The van der Waals surface area contributed by atoms with Gasteiger partial charge < -0.3 is 14.4 Å². The van der Waals surface area contributed by atoms with Crippen LogP contribution in [0.25, 0.3) is 0 Å². The predicted octanol–water partition coefficient (Wildman–Crippen LogP) is 4.68. The summed E-state index contributed by atoms with van der Waals surface area (Å²) in [5.41, 5.74) is 4.68. The number of hydrogen-bond donors (Lipinski definition) is 1. The molecule has 5 heterocycles. The highest BCUT2D eigenvalue weighted by Gasteiger charge is 2.45. The minimum Gasteiger partial charge on any atom is -0.439 e. The maximum Gasteiger partial charge on any atom is 0.413 e. The molecular weight excluding hydrogens is 432 g/mol. The van der Waals surface area contributed by atoms with Crippen LogP contribution < -0.4 is 15.0 Å². The number of aryl methyl sites for hydroxylation is 1. The molecule has 1 spiro atoms. The third kappa shape index (κ3) is 3.53. The molecule has 0 bridgehead atoms. The summed E-state index contributed by atoms with van der Waals surface area (Å²) in [6, 6.07) is 9.72. The number of nitrogens with zero attached hydrogens (tertiary/aromatic N) is 5. The van der Waals surface area contributed by atoms with E-state index in [9.17, 15) is 4.79 Å². The molecule has 9 heteroatoms. The Morgan fingerprint density at radius 2 is 1.97 bits per heavy atom. The first-order chi connectivity index (χ1) is 16.5. The molecule has 6 rings (SSSR count). The largest absolute Gasteiger partial charge is 0.439 e. The summed E-state index contributed by atoms with van der Waals surface area (Å²) in [6.07, 6.45) is 4.86. The lowest BCUT2D eigenvalue weighted by Gasteiger charge is -2.44. The molecule has 9 nitrogen and oxygen atoms in total. The molecule has 0 radical (unpaired) electrons. The average Bonchev–Trinajstić information content (AvgIpc) is 3.20. The van der Waals surface area contributed by atoms with Crippen molar-refractivity contribution < 1.29 is 14.3 Å². The van der Waals surface area contributed by atoms with Gasteiger partial charge in [-0.3, -0.25) is 10.3 Å². The standard InChI is InChI=1S/C25H24N6O3/c1-15-10-18(12-17-11-16(2)29-22(15)17)33-21-13-20(27-14-28-21)31-8-5-25(6-9-31)19-4-3-7-26-23(19)30-24(32)34-25/h3-4,7,10,12-14H,5-6,8-9,11H2,1-2H3,(H,26,30,32). The normalized spacial score (nSPS) is 18.0. The van der Waals surface area contributed by atoms with E-state index >= 15 is 0 Å². The van der Waals surface area contributed by atoms with Crippen molar-refractivity contribution in [3.05, 3.63) is 59.5 Å². The second kappa shape index (κ2) is 7.79. The summed E-state index contributed by atoms with van der Waals surface area (Å²) in [5, 5.41) is 2.70. The third-order valence-electron chi connectivity index (χ3n) is 6.65. The molecule has 1 amide bonds. The molecule has 1 N–H and O–H groups in total. The van der Waals surface area contributed by atoms with E-state index in [4.69, 9.17) is 9.47 Å². The van der Waals surface area contributed by atoms with Crippen molar-refractivity contribution >= 4 is 29.1 Å². The number of anilines is 2. The Morgan fingerprint density at radius 3 is 2.82 bits per heavy atom. The zero-order valence-electron chi connectivity index (χ0n) is 19.0. The summed E-state index contributed by atoms with van der Waals surface area (Å²) in [7, 11) is 0. The number of aliphatic imine (C=N–C) groups is 1. The predicted molar refractivity (Wildman–Crippen MR) is 127 cm³/mol. The molecule has 34 heavy (non-hydrogen) atoms. The van der Waals surface area contributed by atoms with Crippen LogP contribution in [0.3, 0.4) is 0 Å². The van der Waals surface area contributed by atoms with E-state index in [0.717, 1.165) is 40.5 Å². The van der Waals surface area contributed by atoms with Crippen molar-refractivity contribution in [2.24, 2.45) is 4.99 Å². The first-order valence-electron chi connectivity index (χ1n) is 11.4. The van der Waals surface area contributed by atoms with Crippen LogP contribution in [0.15, 0.2) is 47.8 Å². The summed E-state index contributed by atoms with van der Waals surface area (Å²) in [4.78, 5) is 32.0. The Balaban J connectivity index is 1.19. The number of pyridine rings is 1. The molecule has 0 saturated carbocycles. The minimum absolute atomic E-state index is 0.456. The lowest BCUT2D eigenvalue weighted by atomic mass is 9.83. The van der Waals surface area contributed by atoms with Crippen LogP contribution in [0.4, 0.5) is 22.1 Å². The fraction of sp³-hybridized carbons (Fsp3) is 0.320. The number of piperidine rings is 1. The summed E-state index contributed by atoms with van der Waals surface area (Å²) < 4.78 is 11.9. The van der Waals surface area contributed by atoms with Gasteiger partial charge in [-0.1, -0.05) is 0 Å². The van der Waals surface area contributed by atoms with Crippen LogP contribution in [-0.4, -0.2) is 39.8 Å². The van der Waals surface area contributed by atoms with E-state index in [1.807, 2.05) is 44.2 Å². The first kappa shape index (κ1) is 20.6. The van der Waals surface area contributed by atoms with Gasteiger partial charge in [-0.25, -0.2) is 19.7 Å². The van der Waals surface area contributed by atoms with Gasteiger partial charge in [0.1, 0.15) is 29.3 Å². The fourth-order valence-electron chi connectivity index (χ4n) is 5.05. The fourth-order valence-corrected chi connectivity index (χ4v) is 5.05. The molecule has 3 aliphatic heterocycles. The number of carbonyl (C=O) groups is 1. The lowest BCUT2D eigenvalue weighted by molar-refractivity contribution is -0.00853. The molecule has 3 aliphatic rings. The van der Waals surface area contributed by atoms with Crippen molar-refractivity contribution in [3.63, 3.8) is 0 Å². The number of rotatable bonds is 3. The topological polar surface area (TPSA) is 102 Å². The van der Waals surface area contributed by atoms with Crippen LogP contribution >= 0.6 is 0 Å². The van der Waals surface area contributed by atoms with E-state index in [2.05, 4.69) is 30.2 Å². The summed E-state index contributed by atoms with van der Waals surface area (Å²) >= 11 is 0. The molecule has 0 atom stereocenters. The maximum absolute atomic E-state index is 12.2. The van der Waals surface area contributed by atoms with Gasteiger partial charge in [-0.05, 0) is 49.2 Å². The van der Waals surface area contributed by atoms with Crippen molar-refractivity contribution in [2.75, 3.05) is 23.3 Å². The van der Waals surface area contributed by atoms with E-state index in [0.29, 0.717) is 37.6 Å².